The molecular formula is C15H26N4O. The first-order chi connectivity index (χ1) is 9.54. The first kappa shape index (κ1) is 15.0. The van der Waals surface area contributed by atoms with Crippen LogP contribution in [0.1, 0.15) is 55.7 Å². The van der Waals surface area contributed by atoms with Crippen LogP contribution in [0.2, 0.25) is 0 Å². The van der Waals surface area contributed by atoms with Crippen molar-refractivity contribution in [3.05, 3.63) is 17.5 Å². The average Bonchev–Trinajstić information content (AvgIpc) is 3.04. The lowest BCUT2D eigenvalue weighted by atomic mass is 10.1. The van der Waals surface area contributed by atoms with Gasteiger partial charge in [0.2, 0.25) is 0 Å². The number of hydrogen-bond acceptors (Lipinski definition) is 3. The predicted octanol–water partition coefficient (Wildman–Crippen LogP) is 1.76. The molecule has 0 saturated carbocycles. The minimum atomic E-state index is 0.0723. The number of nitrogens with one attached hydrogen (secondary N) is 1. The standard InChI is InChI=1S/C15H26N4O/c1-5-8-19(12-6-7-16-10-12)15(20)13-9-14(11(2)3)18(4)17-13/h9,11-12,16H,5-8,10H2,1-4H3. The molecule has 2 heterocycles. The van der Waals surface area contributed by atoms with Crippen molar-refractivity contribution < 1.29 is 4.79 Å². The Morgan fingerprint density at radius 2 is 2.35 bits per heavy atom. The molecule has 1 aliphatic heterocycles. The molecule has 2 rings (SSSR count). The highest BCUT2D eigenvalue weighted by atomic mass is 16.2. The maximum absolute atomic E-state index is 12.7. The Labute approximate surface area is 121 Å². The molecule has 1 fully saturated rings. The predicted molar refractivity (Wildman–Crippen MR) is 79.9 cm³/mol. The van der Waals surface area contributed by atoms with Gasteiger partial charge in [0.05, 0.1) is 0 Å². The molecule has 112 valence electrons. The summed E-state index contributed by atoms with van der Waals surface area (Å²) < 4.78 is 1.83. The van der Waals surface area contributed by atoms with E-state index in [0.29, 0.717) is 17.7 Å². The summed E-state index contributed by atoms with van der Waals surface area (Å²) in [6.45, 7) is 9.05. The fourth-order valence-corrected chi connectivity index (χ4v) is 2.87. The molecule has 0 radical (unpaired) electrons. The zero-order valence-electron chi connectivity index (χ0n) is 13.0. The molecule has 1 N–H and O–H groups in total. The second-order valence-electron chi connectivity index (χ2n) is 5.88. The van der Waals surface area contributed by atoms with E-state index >= 15 is 0 Å². The van der Waals surface area contributed by atoms with E-state index in [2.05, 4.69) is 31.2 Å². The molecule has 0 spiro atoms. The van der Waals surface area contributed by atoms with E-state index in [4.69, 9.17) is 0 Å². The van der Waals surface area contributed by atoms with Crippen molar-refractivity contribution in [3.8, 4) is 0 Å². The van der Waals surface area contributed by atoms with E-state index < -0.39 is 0 Å². The number of amides is 1. The largest absolute Gasteiger partial charge is 0.333 e. The zero-order valence-corrected chi connectivity index (χ0v) is 13.0. The molecule has 1 aromatic rings. The van der Waals surface area contributed by atoms with Crippen LogP contribution in [0.4, 0.5) is 0 Å². The van der Waals surface area contributed by atoms with E-state index in [9.17, 15) is 4.79 Å². The van der Waals surface area contributed by atoms with Gasteiger partial charge >= 0.3 is 0 Å². The number of aryl methyl sites for hydroxylation is 1. The Morgan fingerprint density at radius 3 is 2.85 bits per heavy atom. The number of carbonyl (C=O) groups is 1. The maximum atomic E-state index is 12.7. The molecule has 1 atom stereocenters. The first-order valence-electron chi connectivity index (χ1n) is 7.60. The van der Waals surface area contributed by atoms with Gasteiger partial charge in [0.25, 0.3) is 5.91 Å². The third kappa shape index (κ3) is 3.03. The Hall–Kier alpha value is -1.36. The lowest BCUT2D eigenvalue weighted by Crippen LogP contribution is -2.42. The van der Waals surface area contributed by atoms with Gasteiger partial charge in [-0.2, -0.15) is 5.10 Å². The summed E-state index contributed by atoms with van der Waals surface area (Å²) in [5.74, 6) is 0.449. The van der Waals surface area contributed by atoms with E-state index in [0.717, 1.165) is 38.2 Å². The highest BCUT2D eigenvalue weighted by Gasteiger charge is 2.28. The summed E-state index contributed by atoms with van der Waals surface area (Å²) in [5.41, 5.74) is 1.69. The van der Waals surface area contributed by atoms with Gasteiger partial charge < -0.3 is 10.2 Å². The van der Waals surface area contributed by atoms with Gasteiger partial charge in [0.15, 0.2) is 5.69 Å². The van der Waals surface area contributed by atoms with Gasteiger partial charge in [-0.1, -0.05) is 20.8 Å². The fraction of sp³-hybridized carbons (Fsp3) is 0.733. The molecule has 1 aliphatic rings. The van der Waals surface area contributed by atoms with E-state index in [1.807, 2.05) is 22.7 Å². The lowest BCUT2D eigenvalue weighted by molar-refractivity contribution is 0.0685. The minimum Gasteiger partial charge on any atom is -0.333 e. The van der Waals surface area contributed by atoms with Crippen molar-refractivity contribution in [2.45, 2.75) is 45.6 Å². The van der Waals surface area contributed by atoms with Crippen LogP contribution in [0.25, 0.3) is 0 Å². The lowest BCUT2D eigenvalue weighted by Gasteiger charge is -2.27. The second-order valence-corrected chi connectivity index (χ2v) is 5.88. The van der Waals surface area contributed by atoms with Crippen molar-refractivity contribution in [2.75, 3.05) is 19.6 Å². The molecule has 20 heavy (non-hydrogen) atoms. The Kier molecular flexibility index (Phi) is 4.81. The summed E-state index contributed by atoms with van der Waals surface area (Å²) in [5, 5.41) is 7.74. The van der Waals surface area contributed by atoms with Crippen molar-refractivity contribution in [2.24, 2.45) is 7.05 Å². The Bertz CT molecular complexity index is 460. The van der Waals surface area contributed by atoms with Crippen LogP contribution in [-0.2, 0) is 7.05 Å². The third-order valence-corrected chi connectivity index (χ3v) is 3.93. The first-order valence-corrected chi connectivity index (χ1v) is 7.60. The van der Waals surface area contributed by atoms with Crippen LogP contribution in [-0.4, -0.2) is 46.3 Å². The Balaban J connectivity index is 2.20. The van der Waals surface area contributed by atoms with Crippen LogP contribution in [0.15, 0.2) is 6.07 Å². The molecule has 1 aromatic heterocycles. The van der Waals surface area contributed by atoms with E-state index in [1.54, 1.807) is 0 Å². The highest BCUT2D eigenvalue weighted by molar-refractivity contribution is 5.92. The number of aromatic nitrogens is 2. The van der Waals surface area contributed by atoms with Crippen LogP contribution >= 0.6 is 0 Å². The molecule has 5 nitrogen and oxygen atoms in total. The SMILES string of the molecule is CCCN(C(=O)c1cc(C(C)C)n(C)n1)C1CCNC1. The van der Waals surface area contributed by atoms with Crippen molar-refractivity contribution in [3.63, 3.8) is 0 Å². The van der Waals surface area contributed by atoms with Gasteiger partial charge in [0.1, 0.15) is 0 Å². The van der Waals surface area contributed by atoms with Crippen molar-refractivity contribution in [1.82, 2.24) is 20.0 Å². The molecular weight excluding hydrogens is 252 g/mol. The maximum Gasteiger partial charge on any atom is 0.274 e. The van der Waals surface area contributed by atoms with Crippen molar-refractivity contribution in [1.29, 1.82) is 0 Å². The number of carbonyl (C=O) groups excluding carboxylic acids is 1. The molecule has 0 aliphatic carbocycles. The fourth-order valence-electron chi connectivity index (χ4n) is 2.87. The van der Waals surface area contributed by atoms with Crippen LogP contribution in [0.3, 0.4) is 0 Å². The topological polar surface area (TPSA) is 50.2 Å². The zero-order chi connectivity index (χ0) is 14.7. The van der Waals surface area contributed by atoms with Gasteiger partial charge in [-0.3, -0.25) is 9.48 Å². The monoisotopic (exact) mass is 278 g/mol. The molecule has 0 aromatic carbocycles. The highest BCUT2D eigenvalue weighted by Crippen LogP contribution is 2.18. The van der Waals surface area contributed by atoms with Gasteiger partial charge in [-0.15, -0.1) is 0 Å². The van der Waals surface area contributed by atoms with Gasteiger partial charge in [-0.05, 0) is 31.4 Å². The summed E-state index contributed by atoms with van der Waals surface area (Å²) in [6, 6.07) is 2.25. The quantitative estimate of drug-likeness (QED) is 0.893. The van der Waals surface area contributed by atoms with E-state index in [1.165, 1.54) is 0 Å². The smallest absolute Gasteiger partial charge is 0.274 e. The molecule has 1 unspecified atom stereocenters. The summed E-state index contributed by atoms with van der Waals surface area (Å²) >= 11 is 0. The summed E-state index contributed by atoms with van der Waals surface area (Å²) in [6.07, 6.45) is 2.02. The van der Waals surface area contributed by atoms with Crippen LogP contribution < -0.4 is 5.32 Å². The van der Waals surface area contributed by atoms with Crippen LogP contribution in [0, 0.1) is 0 Å². The number of nitrogens with zero attached hydrogens (tertiary/aromatic N) is 3. The number of rotatable bonds is 5. The van der Waals surface area contributed by atoms with Crippen LogP contribution in [0.5, 0.6) is 0 Å². The number of hydrogen-bond donors (Lipinski definition) is 1. The summed E-state index contributed by atoms with van der Waals surface area (Å²) in [4.78, 5) is 14.7. The molecule has 0 bridgehead atoms. The molecule has 1 amide bonds. The molecule has 5 heteroatoms. The second kappa shape index (κ2) is 6.39. The molecule has 1 saturated heterocycles. The third-order valence-electron chi connectivity index (χ3n) is 3.93. The van der Waals surface area contributed by atoms with Gasteiger partial charge in [0, 0.05) is 31.9 Å². The average molecular weight is 278 g/mol. The Morgan fingerprint density at radius 1 is 1.60 bits per heavy atom. The van der Waals surface area contributed by atoms with Crippen molar-refractivity contribution >= 4 is 5.91 Å². The minimum absolute atomic E-state index is 0.0723. The van der Waals surface area contributed by atoms with E-state index in [-0.39, 0.29) is 5.91 Å². The van der Waals surface area contributed by atoms with Gasteiger partial charge in [-0.25, -0.2) is 0 Å². The summed E-state index contributed by atoms with van der Waals surface area (Å²) in [7, 11) is 1.91. The normalized spacial score (nSPS) is 18.8.